The zero-order valence-electron chi connectivity index (χ0n) is 16.8. The topological polar surface area (TPSA) is 88.8 Å². The fourth-order valence-electron chi connectivity index (χ4n) is 3.18. The highest BCUT2D eigenvalue weighted by Crippen LogP contribution is 2.31. The lowest BCUT2D eigenvalue weighted by molar-refractivity contribution is 0.867. The van der Waals surface area contributed by atoms with Gasteiger partial charge >= 0.3 is 0 Å². The van der Waals surface area contributed by atoms with Gasteiger partial charge in [-0.25, -0.2) is 9.97 Å². The van der Waals surface area contributed by atoms with Crippen molar-refractivity contribution < 1.29 is 0 Å². The highest BCUT2D eigenvalue weighted by Gasteiger charge is 2.11. The molecule has 6 heteroatoms. The van der Waals surface area contributed by atoms with Crippen LogP contribution in [0, 0.1) is 6.92 Å². The lowest BCUT2D eigenvalue weighted by atomic mass is 10.0. The van der Waals surface area contributed by atoms with Crippen LogP contribution in [0.2, 0.25) is 0 Å². The molecule has 0 radical (unpaired) electrons. The molecule has 0 amide bonds. The monoisotopic (exact) mass is 384 g/mol. The smallest absolute Gasteiger partial charge is 0.159 e. The van der Waals surface area contributed by atoms with Crippen molar-refractivity contribution >= 4 is 39.6 Å². The molecule has 0 aliphatic rings. The molecular formula is C23H24N6. The number of nitrogen functional groups attached to an aromatic ring is 1. The molecule has 29 heavy (non-hydrogen) atoms. The normalized spacial score (nSPS) is 11.0. The van der Waals surface area contributed by atoms with Gasteiger partial charge in [0.15, 0.2) is 11.6 Å². The van der Waals surface area contributed by atoms with Gasteiger partial charge in [-0.3, -0.25) is 4.98 Å². The van der Waals surface area contributed by atoms with Crippen LogP contribution in [0.3, 0.4) is 0 Å². The van der Waals surface area contributed by atoms with Gasteiger partial charge in [0.05, 0.1) is 5.52 Å². The van der Waals surface area contributed by atoms with Crippen molar-refractivity contribution in [3.05, 3.63) is 72.2 Å². The van der Waals surface area contributed by atoms with Gasteiger partial charge in [0.25, 0.3) is 0 Å². The maximum atomic E-state index is 6.36. The molecule has 6 nitrogen and oxygen atoms in total. The van der Waals surface area contributed by atoms with E-state index < -0.39 is 0 Å². The number of pyridine rings is 1. The Labute approximate surface area is 170 Å². The van der Waals surface area contributed by atoms with Gasteiger partial charge in [0, 0.05) is 22.5 Å². The third kappa shape index (κ3) is 3.96. The van der Waals surface area contributed by atoms with E-state index in [1.807, 2.05) is 49.4 Å². The molecule has 0 fully saturated rings. The Kier molecular flexibility index (Phi) is 4.99. The Bertz CT molecular complexity index is 1150. The minimum Gasteiger partial charge on any atom is -0.393 e. The van der Waals surface area contributed by atoms with Crippen molar-refractivity contribution in [2.75, 3.05) is 16.4 Å². The molecule has 4 rings (SSSR count). The van der Waals surface area contributed by atoms with Crippen molar-refractivity contribution in [2.45, 2.75) is 26.7 Å². The first-order valence-corrected chi connectivity index (χ1v) is 9.62. The third-order valence-electron chi connectivity index (χ3n) is 4.85. The van der Waals surface area contributed by atoms with Crippen molar-refractivity contribution in [3.63, 3.8) is 0 Å². The first-order chi connectivity index (χ1) is 14.0. The second-order valence-corrected chi connectivity index (χ2v) is 7.34. The molecule has 146 valence electrons. The van der Waals surface area contributed by atoms with Crippen molar-refractivity contribution in [1.29, 1.82) is 0 Å². The zero-order chi connectivity index (χ0) is 20.4. The van der Waals surface area contributed by atoms with Crippen LogP contribution in [-0.4, -0.2) is 15.0 Å². The average Bonchev–Trinajstić information content (AvgIpc) is 2.71. The van der Waals surface area contributed by atoms with Gasteiger partial charge in [0.2, 0.25) is 0 Å². The number of benzene rings is 2. The van der Waals surface area contributed by atoms with Crippen LogP contribution in [0.4, 0.5) is 28.7 Å². The third-order valence-corrected chi connectivity index (χ3v) is 4.85. The molecule has 0 unspecified atom stereocenters. The summed E-state index contributed by atoms with van der Waals surface area (Å²) in [6.07, 6.45) is 1.50. The van der Waals surface area contributed by atoms with Gasteiger partial charge in [-0.2, -0.15) is 0 Å². The number of hydrogen-bond donors (Lipinski definition) is 3. The van der Waals surface area contributed by atoms with Crippen LogP contribution in [0.15, 0.2) is 60.9 Å². The fourth-order valence-corrected chi connectivity index (χ4v) is 3.18. The van der Waals surface area contributed by atoms with Gasteiger partial charge in [-0.05, 0) is 54.8 Å². The molecule has 0 aliphatic carbocycles. The number of aromatic nitrogens is 3. The summed E-state index contributed by atoms with van der Waals surface area (Å²) in [5, 5.41) is 7.62. The van der Waals surface area contributed by atoms with Crippen molar-refractivity contribution in [2.24, 2.45) is 0 Å². The summed E-state index contributed by atoms with van der Waals surface area (Å²) in [5.41, 5.74) is 11.8. The molecule has 0 bridgehead atoms. The zero-order valence-corrected chi connectivity index (χ0v) is 16.8. The summed E-state index contributed by atoms with van der Waals surface area (Å²) in [6.45, 7) is 6.33. The Morgan fingerprint density at radius 2 is 1.59 bits per heavy atom. The predicted octanol–water partition coefficient (Wildman–Crippen LogP) is 5.53. The van der Waals surface area contributed by atoms with E-state index in [2.05, 4.69) is 51.6 Å². The summed E-state index contributed by atoms with van der Waals surface area (Å²) >= 11 is 0. The Morgan fingerprint density at radius 3 is 2.31 bits per heavy atom. The summed E-state index contributed by atoms with van der Waals surface area (Å²) in [4.78, 5) is 13.2. The molecule has 0 spiro atoms. The van der Waals surface area contributed by atoms with E-state index in [1.54, 1.807) is 0 Å². The van der Waals surface area contributed by atoms with E-state index >= 15 is 0 Å². The van der Waals surface area contributed by atoms with Crippen LogP contribution in [-0.2, 0) is 0 Å². The molecule has 0 saturated carbocycles. The van der Waals surface area contributed by atoms with E-state index in [0.717, 1.165) is 28.0 Å². The predicted molar refractivity (Wildman–Crippen MR) is 120 cm³/mol. The lowest BCUT2D eigenvalue weighted by Gasteiger charge is -2.14. The van der Waals surface area contributed by atoms with Crippen molar-refractivity contribution in [1.82, 2.24) is 15.0 Å². The molecular weight excluding hydrogens is 360 g/mol. The summed E-state index contributed by atoms with van der Waals surface area (Å²) in [6, 6.07) is 18.2. The summed E-state index contributed by atoms with van der Waals surface area (Å²) in [7, 11) is 0. The SMILES string of the molecule is Cc1ccc2c(Nc3ncnc(Nc4ccc(C(C)C)cc4)c3N)cccc2n1. The second-order valence-electron chi connectivity index (χ2n) is 7.34. The standard InChI is InChI=1S/C23H24N6/c1-14(2)16-8-10-17(11-9-16)28-22-21(24)23(26-13-25-22)29-20-6-4-5-19-18(20)12-7-15(3)27-19/h4-14H,24H2,1-3H3,(H2,25,26,28,29). The molecule has 0 aliphatic heterocycles. The van der Waals surface area contributed by atoms with E-state index in [-0.39, 0.29) is 0 Å². The maximum absolute atomic E-state index is 6.36. The van der Waals surface area contributed by atoms with Gasteiger partial charge in [-0.1, -0.05) is 32.0 Å². The maximum Gasteiger partial charge on any atom is 0.159 e. The minimum absolute atomic E-state index is 0.456. The largest absolute Gasteiger partial charge is 0.393 e. The first-order valence-electron chi connectivity index (χ1n) is 9.62. The Hall–Kier alpha value is -3.67. The van der Waals surface area contributed by atoms with E-state index in [4.69, 9.17) is 5.73 Å². The number of fused-ring (bicyclic) bond motifs is 1. The van der Waals surface area contributed by atoms with Crippen LogP contribution < -0.4 is 16.4 Å². The summed E-state index contributed by atoms with van der Waals surface area (Å²) < 4.78 is 0. The number of anilines is 5. The highest BCUT2D eigenvalue weighted by molar-refractivity contribution is 5.94. The molecule has 2 aromatic carbocycles. The molecule has 4 N–H and O–H groups in total. The van der Waals surface area contributed by atoms with Gasteiger partial charge in [-0.15, -0.1) is 0 Å². The Balaban J connectivity index is 1.62. The fraction of sp³-hybridized carbons (Fsp3) is 0.174. The van der Waals surface area contributed by atoms with E-state index in [0.29, 0.717) is 23.2 Å². The van der Waals surface area contributed by atoms with Crippen molar-refractivity contribution in [3.8, 4) is 0 Å². The minimum atomic E-state index is 0.456. The lowest BCUT2D eigenvalue weighted by Crippen LogP contribution is -2.05. The molecule has 0 saturated heterocycles. The molecule has 4 aromatic rings. The number of rotatable bonds is 5. The highest BCUT2D eigenvalue weighted by atomic mass is 15.1. The summed E-state index contributed by atoms with van der Waals surface area (Å²) in [5.74, 6) is 1.60. The van der Waals surface area contributed by atoms with Gasteiger partial charge in [0.1, 0.15) is 12.0 Å². The molecule has 2 heterocycles. The van der Waals surface area contributed by atoms with Crippen LogP contribution in [0.1, 0.15) is 31.0 Å². The first kappa shape index (κ1) is 18.7. The quantitative estimate of drug-likeness (QED) is 0.419. The number of hydrogen-bond acceptors (Lipinski definition) is 6. The second kappa shape index (κ2) is 7.75. The number of nitrogens with two attached hydrogens (primary N) is 1. The number of nitrogens with zero attached hydrogens (tertiary/aromatic N) is 3. The molecule has 0 atom stereocenters. The van der Waals surface area contributed by atoms with Crippen LogP contribution >= 0.6 is 0 Å². The van der Waals surface area contributed by atoms with E-state index in [1.165, 1.54) is 11.9 Å². The number of nitrogens with one attached hydrogen (secondary N) is 2. The van der Waals surface area contributed by atoms with E-state index in [9.17, 15) is 0 Å². The van der Waals surface area contributed by atoms with Gasteiger partial charge < -0.3 is 16.4 Å². The number of aryl methyl sites for hydroxylation is 1. The van der Waals surface area contributed by atoms with Crippen LogP contribution in [0.25, 0.3) is 10.9 Å². The molecule has 2 aromatic heterocycles. The average molecular weight is 384 g/mol. The Morgan fingerprint density at radius 1 is 0.862 bits per heavy atom. The van der Waals surface area contributed by atoms with Crippen LogP contribution in [0.5, 0.6) is 0 Å².